The molecule has 2 aliphatic carbocycles. The Morgan fingerprint density at radius 1 is 0.859 bits per heavy atom. The molecule has 3 aromatic carbocycles. The Balaban J connectivity index is 0.645. The first-order valence-electron chi connectivity index (χ1n) is 27.5. The number of piperidine rings is 3. The number of hydrogen-bond acceptors (Lipinski definition) is 14. The second kappa shape index (κ2) is 19.9. The lowest BCUT2D eigenvalue weighted by molar-refractivity contribution is -0.136. The number of halogens is 2. The number of β-amino-alcohol motifs (C(OH)–C–C–N with tert-alkyl or cyclic N) is 1. The topological polar surface area (TPSA) is 202 Å². The number of aliphatic hydroxyl groups is 1. The molecule has 17 nitrogen and oxygen atoms in total. The van der Waals surface area contributed by atoms with Gasteiger partial charge in [-0.2, -0.15) is 9.97 Å². The largest absolute Gasteiger partial charge is 0.508 e. The number of likely N-dealkylation sites (tertiary alicyclic amines) is 1. The van der Waals surface area contributed by atoms with Gasteiger partial charge in [0, 0.05) is 100.0 Å². The predicted octanol–water partition coefficient (Wildman–Crippen LogP) is 6.45. The van der Waals surface area contributed by atoms with E-state index < -0.39 is 46.9 Å². The molecule has 0 bridgehead atoms. The maximum absolute atomic E-state index is 17.1. The zero-order chi connectivity index (χ0) is 54.3. The van der Waals surface area contributed by atoms with Gasteiger partial charge in [0.2, 0.25) is 11.8 Å². The molecule has 6 fully saturated rings. The maximum atomic E-state index is 17.1. The minimum atomic E-state index is -1.06. The van der Waals surface area contributed by atoms with Crippen molar-refractivity contribution < 1.29 is 47.7 Å². The van der Waals surface area contributed by atoms with Gasteiger partial charge in [-0.15, -0.1) is 6.42 Å². The molecule has 406 valence electrons. The third-order valence-corrected chi connectivity index (χ3v) is 18.0. The van der Waals surface area contributed by atoms with Crippen LogP contribution in [-0.2, 0) is 9.59 Å². The molecule has 7 aliphatic rings. The number of aromatic nitrogens is 3. The summed E-state index contributed by atoms with van der Waals surface area (Å²) in [5.41, 5.74) is -0.468. The minimum absolute atomic E-state index is 0.00967. The number of amides is 5. The summed E-state index contributed by atoms with van der Waals surface area (Å²) in [6.07, 6.45) is 17.0. The summed E-state index contributed by atoms with van der Waals surface area (Å²) in [6, 6.07) is 8.95. The van der Waals surface area contributed by atoms with Gasteiger partial charge in [-0.3, -0.25) is 39.2 Å². The Morgan fingerprint density at radius 2 is 1.60 bits per heavy atom. The van der Waals surface area contributed by atoms with E-state index in [4.69, 9.17) is 16.1 Å². The van der Waals surface area contributed by atoms with Crippen LogP contribution >= 0.6 is 0 Å². The van der Waals surface area contributed by atoms with Crippen molar-refractivity contribution in [3.8, 4) is 35.4 Å². The van der Waals surface area contributed by atoms with Crippen molar-refractivity contribution in [2.45, 2.75) is 95.6 Å². The number of piperazine rings is 1. The number of carbonyl (C=O) groups is 5. The highest BCUT2D eigenvalue weighted by Gasteiger charge is 2.47. The lowest BCUT2D eigenvalue weighted by atomic mass is 9.65. The van der Waals surface area contributed by atoms with Crippen molar-refractivity contribution in [2.24, 2.45) is 16.7 Å². The van der Waals surface area contributed by atoms with E-state index in [1.165, 1.54) is 42.6 Å². The van der Waals surface area contributed by atoms with Gasteiger partial charge < -0.3 is 34.5 Å². The van der Waals surface area contributed by atoms with Crippen LogP contribution in [0.25, 0.3) is 32.9 Å². The number of pyridine rings is 1. The molecule has 2 aromatic heterocycles. The Hall–Kier alpha value is -7.14. The number of aromatic hydroxyl groups is 1. The molecule has 78 heavy (non-hydrogen) atoms. The number of hydrogen-bond donors (Lipinski definition) is 3. The highest BCUT2D eigenvalue weighted by molar-refractivity contribution is 6.24. The van der Waals surface area contributed by atoms with Crippen LogP contribution in [0.3, 0.4) is 0 Å². The zero-order valence-electron chi connectivity index (χ0n) is 43.8. The molecule has 4 saturated heterocycles. The number of terminal acetylenes is 1. The van der Waals surface area contributed by atoms with E-state index in [0.29, 0.717) is 67.2 Å². The standard InChI is InChI=1S/C59H63F2N9O8/c1-3-39-44(60)8-6-36-27-38(71)29-42(47(36)39)49-48(61)50-43(30-62-49)51(69-20-4-13-57(2,77)32-69)65-56(64-50)78-34-59(16-17-59)33-67-25-23-66(24-26-67)31-35-11-14-58(15-12-35)18-21-68(22-19-58)53(74)37-5-7-40-41(28-37)55(76)70(54(40)75)45-9-10-46(72)63-52(45)73/h1,5-8,27-30,35,45,71,77H,4,9-26,31-34H2,2H3,(H,63,72,73)/t45?,57-/m1/s1. The predicted molar refractivity (Wildman–Crippen MR) is 285 cm³/mol. The Bertz CT molecular complexity index is 3350. The fourth-order valence-corrected chi connectivity index (χ4v) is 13.3. The van der Waals surface area contributed by atoms with Crippen LogP contribution in [0.2, 0.25) is 0 Å². The third kappa shape index (κ3) is 9.69. The second-order valence-electron chi connectivity index (χ2n) is 23.5. The summed E-state index contributed by atoms with van der Waals surface area (Å²) in [7, 11) is 0. The molecule has 5 aromatic rings. The molecule has 5 aliphatic heterocycles. The number of nitrogens with one attached hydrogen (secondary N) is 1. The molecule has 2 atom stereocenters. The fourth-order valence-electron chi connectivity index (χ4n) is 13.3. The Morgan fingerprint density at radius 3 is 2.32 bits per heavy atom. The van der Waals surface area contributed by atoms with E-state index in [0.717, 1.165) is 95.5 Å². The maximum Gasteiger partial charge on any atom is 0.319 e. The van der Waals surface area contributed by atoms with Crippen LogP contribution in [0.1, 0.15) is 121 Å². The lowest BCUT2D eigenvalue weighted by Crippen LogP contribution is -2.54. The number of imide groups is 2. The number of phenols is 1. The van der Waals surface area contributed by atoms with Gasteiger partial charge in [0.25, 0.3) is 17.7 Å². The van der Waals surface area contributed by atoms with E-state index >= 15 is 8.78 Å². The molecule has 1 unspecified atom stereocenters. The average molecular weight is 1060 g/mol. The van der Waals surface area contributed by atoms with Crippen molar-refractivity contribution in [1.82, 2.24) is 39.9 Å². The summed E-state index contributed by atoms with van der Waals surface area (Å²) in [4.78, 5) is 88.4. The average Bonchev–Trinajstić information content (AvgIpc) is 4.20. The van der Waals surface area contributed by atoms with Gasteiger partial charge in [0.15, 0.2) is 5.82 Å². The van der Waals surface area contributed by atoms with E-state index in [9.17, 15) is 34.2 Å². The number of benzene rings is 3. The summed E-state index contributed by atoms with van der Waals surface area (Å²) in [6.45, 7) is 9.95. The SMILES string of the molecule is C#Cc1c(F)ccc2cc(O)cc(-c3ncc4c(N5CCC[C@@](C)(O)C5)nc(OCC5(CN6CCN(CC7CCC8(CC7)CCN(C(=O)c7ccc9c(c7)C(=O)N(C7CCC(=O)NC7=O)C9=O)CC8)CC6)CC5)nc4c3F)c12. The molecule has 7 heterocycles. The molecule has 5 amide bonds. The van der Waals surface area contributed by atoms with Crippen LogP contribution in [0.5, 0.6) is 11.8 Å². The first kappa shape index (κ1) is 51.6. The van der Waals surface area contributed by atoms with Gasteiger partial charge in [-0.1, -0.05) is 12.0 Å². The van der Waals surface area contributed by atoms with E-state index in [2.05, 4.69) is 31.0 Å². The van der Waals surface area contributed by atoms with Gasteiger partial charge in [0.1, 0.15) is 34.6 Å². The van der Waals surface area contributed by atoms with Crippen molar-refractivity contribution in [3.63, 3.8) is 0 Å². The summed E-state index contributed by atoms with van der Waals surface area (Å²) in [5, 5.41) is 25.0. The third-order valence-electron chi connectivity index (χ3n) is 18.0. The molecule has 2 saturated carbocycles. The molecule has 12 rings (SSSR count). The van der Waals surface area contributed by atoms with E-state index in [1.54, 1.807) is 13.0 Å². The highest BCUT2D eigenvalue weighted by atomic mass is 19.1. The number of rotatable bonds is 11. The first-order chi connectivity index (χ1) is 37.5. The Labute approximate surface area is 450 Å². The van der Waals surface area contributed by atoms with Crippen LogP contribution in [0.4, 0.5) is 14.6 Å². The van der Waals surface area contributed by atoms with Crippen molar-refractivity contribution in [3.05, 3.63) is 82.5 Å². The number of nitrogens with zero attached hydrogens (tertiary/aromatic N) is 8. The fraction of sp³-hybridized carbons (Fsp3) is 0.492. The monoisotopic (exact) mass is 1060 g/mol. The normalized spacial score (nSPS) is 23.7. The van der Waals surface area contributed by atoms with Crippen LogP contribution in [0, 0.1) is 40.7 Å². The molecule has 3 N–H and O–H groups in total. The smallest absolute Gasteiger partial charge is 0.319 e. The number of ether oxygens (including phenoxy) is 1. The molecular formula is C59H63F2N9O8. The molecular weight excluding hydrogens is 1000 g/mol. The zero-order valence-corrected chi connectivity index (χ0v) is 43.8. The summed E-state index contributed by atoms with van der Waals surface area (Å²) in [5.74, 6) is -0.735. The van der Waals surface area contributed by atoms with Gasteiger partial charge >= 0.3 is 6.01 Å². The van der Waals surface area contributed by atoms with Gasteiger partial charge in [-0.25, -0.2) is 8.78 Å². The number of phenolic OH excluding ortho intramolecular Hbond substituents is 1. The number of carbonyl (C=O) groups excluding carboxylic acids is 5. The second-order valence-corrected chi connectivity index (χ2v) is 23.5. The lowest BCUT2D eigenvalue weighted by Gasteiger charge is -2.47. The highest BCUT2D eigenvalue weighted by Crippen LogP contribution is 2.49. The van der Waals surface area contributed by atoms with Crippen LogP contribution in [-0.4, -0.2) is 158 Å². The van der Waals surface area contributed by atoms with Gasteiger partial charge in [0.05, 0.1) is 34.3 Å². The molecule has 19 heteroatoms. The summed E-state index contributed by atoms with van der Waals surface area (Å²) < 4.78 is 38.6. The molecule has 1 spiro atoms. The van der Waals surface area contributed by atoms with Crippen LogP contribution < -0.4 is 15.0 Å². The number of anilines is 1. The van der Waals surface area contributed by atoms with Crippen molar-refractivity contribution in [1.29, 1.82) is 0 Å². The van der Waals surface area contributed by atoms with E-state index in [-0.39, 0.29) is 86.7 Å². The number of fused-ring (bicyclic) bond motifs is 3. The summed E-state index contributed by atoms with van der Waals surface area (Å²) >= 11 is 0. The van der Waals surface area contributed by atoms with E-state index in [1.807, 2.05) is 9.80 Å². The quantitative estimate of drug-likeness (QED) is 0.0962. The van der Waals surface area contributed by atoms with Gasteiger partial charge in [-0.05, 0) is 131 Å². The van der Waals surface area contributed by atoms with Crippen molar-refractivity contribution >= 4 is 57.0 Å². The first-order valence-corrected chi connectivity index (χ1v) is 27.5. The van der Waals surface area contributed by atoms with Crippen molar-refractivity contribution in [2.75, 3.05) is 77.0 Å². The minimum Gasteiger partial charge on any atom is -0.508 e. The molecule has 0 radical (unpaired) electrons. The Kier molecular flexibility index (Phi) is 13.2. The van der Waals surface area contributed by atoms with Crippen LogP contribution in [0.15, 0.2) is 48.7 Å².